The molecule has 0 bridgehead atoms. The molecule has 0 unspecified atom stereocenters. The molecule has 0 aliphatic rings. The molecular formula is C19H16FNO7S3. The van der Waals surface area contributed by atoms with Crippen LogP contribution < -0.4 is 9.46 Å². The number of nitrogens with one attached hydrogen (secondary N) is 1. The van der Waals surface area contributed by atoms with E-state index in [1.807, 2.05) is 0 Å². The Kier molecular flexibility index (Phi) is 6.07. The second-order valence-corrected chi connectivity index (χ2v) is 11.1. The van der Waals surface area contributed by atoms with Crippen molar-refractivity contribution in [3.8, 4) is 16.2 Å². The highest BCUT2D eigenvalue weighted by molar-refractivity contribution is 7.93. The first-order chi connectivity index (χ1) is 14.4. The van der Waals surface area contributed by atoms with Crippen molar-refractivity contribution in [1.82, 2.24) is 0 Å². The topological polar surface area (TPSA) is 127 Å². The number of hydrogen-bond acceptors (Lipinski definition) is 7. The number of thiophene rings is 1. The van der Waals surface area contributed by atoms with Crippen LogP contribution in [0.3, 0.4) is 0 Å². The van der Waals surface area contributed by atoms with E-state index in [-0.39, 0.29) is 27.5 Å². The molecule has 31 heavy (non-hydrogen) atoms. The molecular weight excluding hydrogens is 469 g/mol. The number of rotatable bonds is 7. The highest BCUT2D eigenvalue weighted by Crippen LogP contribution is 2.36. The summed E-state index contributed by atoms with van der Waals surface area (Å²) in [5.41, 5.74) is -0.155. The van der Waals surface area contributed by atoms with Gasteiger partial charge in [0.05, 0.1) is 23.3 Å². The van der Waals surface area contributed by atoms with Crippen LogP contribution >= 0.6 is 11.3 Å². The van der Waals surface area contributed by atoms with Gasteiger partial charge in [-0.15, -0.1) is 11.3 Å². The van der Waals surface area contributed by atoms with Gasteiger partial charge < -0.3 is 9.84 Å². The third-order valence-electron chi connectivity index (χ3n) is 4.20. The van der Waals surface area contributed by atoms with Crippen LogP contribution in [0.25, 0.3) is 10.4 Å². The van der Waals surface area contributed by atoms with Gasteiger partial charge in [0.25, 0.3) is 10.0 Å². The second kappa shape index (κ2) is 8.29. The van der Waals surface area contributed by atoms with Crippen molar-refractivity contribution in [2.45, 2.75) is 9.79 Å². The molecule has 0 radical (unpaired) electrons. The maximum Gasteiger partial charge on any atom is 0.335 e. The Labute approximate surface area is 181 Å². The van der Waals surface area contributed by atoms with E-state index < -0.39 is 35.9 Å². The number of carboxylic acid groups (broad SMARTS) is 1. The summed E-state index contributed by atoms with van der Waals surface area (Å²) in [4.78, 5) is 11.0. The smallest absolute Gasteiger partial charge is 0.335 e. The fourth-order valence-corrected chi connectivity index (χ4v) is 5.42. The van der Waals surface area contributed by atoms with Crippen molar-refractivity contribution in [3.63, 3.8) is 0 Å². The lowest BCUT2D eigenvalue weighted by molar-refractivity contribution is 0.0696. The van der Waals surface area contributed by atoms with Crippen molar-refractivity contribution in [3.05, 3.63) is 59.2 Å². The molecule has 0 saturated carbocycles. The minimum Gasteiger partial charge on any atom is -0.495 e. The van der Waals surface area contributed by atoms with Gasteiger partial charge in [0.1, 0.15) is 10.6 Å². The number of sulfonamides is 1. The fourth-order valence-electron chi connectivity index (χ4n) is 2.73. The first-order valence-corrected chi connectivity index (χ1v) is 12.7. The van der Waals surface area contributed by atoms with E-state index in [9.17, 15) is 31.1 Å². The summed E-state index contributed by atoms with van der Waals surface area (Å²) in [6.07, 6.45) is 0.963. The van der Waals surface area contributed by atoms with Crippen LogP contribution in [-0.4, -0.2) is 41.3 Å². The van der Waals surface area contributed by atoms with Crippen LogP contribution in [0, 0.1) is 5.13 Å². The molecule has 0 spiro atoms. The van der Waals surface area contributed by atoms with Crippen molar-refractivity contribution in [2.24, 2.45) is 0 Å². The van der Waals surface area contributed by atoms with Gasteiger partial charge in [0, 0.05) is 16.7 Å². The zero-order valence-corrected chi connectivity index (χ0v) is 18.6. The van der Waals surface area contributed by atoms with Crippen LogP contribution in [0.15, 0.2) is 58.3 Å². The first-order valence-electron chi connectivity index (χ1n) is 8.46. The Morgan fingerprint density at radius 1 is 1.06 bits per heavy atom. The lowest BCUT2D eigenvalue weighted by Gasteiger charge is -2.15. The van der Waals surface area contributed by atoms with Crippen LogP contribution in [0.5, 0.6) is 5.75 Å². The molecule has 2 N–H and O–H groups in total. The van der Waals surface area contributed by atoms with E-state index >= 15 is 0 Å². The van der Waals surface area contributed by atoms with E-state index in [0.717, 1.165) is 29.7 Å². The van der Waals surface area contributed by atoms with Crippen LogP contribution in [0.2, 0.25) is 0 Å². The summed E-state index contributed by atoms with van der Waals surface area (Å²) < 4.78 is 71.0. The molecule has 0 aliphatic carbocycles. The Morgan fingerprint density at radius 3 is 2.32 bits per heavy atom. The van der Waals surface area contributed by atoms with E-state index in [4.69, 9.17) is 4.74 Å². The largest absolute Gasteiger partial charge is 0.495 e. The number of benzene rings is 2. The minimum absolute atomic E-state index is 0.111. The summed E-state index contributed by atoms with van der Waals surface area (Å²) in [6.45, 7) is 0. The molecule has 3 aromatic rings. The molecule has 1 heterocycles. The summed E-state index contributed by atoms with van der Waals surface area (Å²) in [5.74, 6) is -1.45. The zero-order valence-electron chi connectivity index (χ0n) is 16.1. The Hall–Kier alpha value is -2.96. The van der Waals surface area contributed by atoms with Gasteiger partial charge in [-0.3, -0.25) is 4.72 Å². The van der Waals surface area contributed by atoms with Crippen LogP contribution in [0.4, 0.5) is 10.1 Å². The van der Waals surface area contributed by atoms with Gasteiger partial charge in [-0.1, -0.05) is 6.07 Å². The van der Waals surface area contributed by atoms with Gasteiger partial charge >= 0.3 is 5.97 Å². The third-order valence-corrected chi connectivity index (χ3v) is 7.61. The molecule has 8 nitrogen and oxygen atoms in total. The number of sulfone groups is 1. The number of anilines is 1. The van der Waals surface area contributed by atoms with Gasteiger partial charge in [0.2, 0.25) is 0 Å². The monoisotopic (exact) mass is 485 g/mol. The predicted molar refractivity (Wildman–Crippen MR) is 114 cm³/mol. The molecule has 0 aliphatic heterocycles. The number of halogens is 1. The van der Waals surface area contributed by atoms with Crippen molar-refractivity contribution in [1.29, 1.82) is 0 Å². The maximum absolute atomic E-state index is 13.5. The van der Waals surface area contributed by atoms with Crippen molar-refractivity contribution in [2.75, 3.05) is 18.1 Å². The van der Waals surface area contributed by atoms with Crippen LogP contribution in [0.1, 0.15) is 10.4 Å². The summed E-state index contributed by atoms with van der Waals surface area (Å²) in [5, 5.41) is 8.68. The Morgan fingerprint density at radius 2 is 1.77 bits per heavy atom. The average molecular weight is 486 g/mol. The molecule has 12 heteroatoms. The summed E-state index contributed by atoms with van der Waals surface area (Å²) in [7, 11) is -6.88. The molecule has 3 rings (SSSR count). The van der Waals surface area contributed by atoms with E-state index in [2.05, 4.69) is 4.72 Å². The average Bonchev–Trinajstić information content (AvgIpc) is 3.12. The van der Waals surface area contributed by atoms with Crippen molar-refractivity contribution >= 4 is 42.9 Å². The number of methoxy groups -OCH3 is 1. The highest BCUT2D eigenvalue weighted by Gasteiger charge is 2.24. The fraction of sp³-hybridized carbons (Fsp3) is 0.105. The molecule has 2 aromatic carbocycles. The normalized spacial score (nSPS) is 11.8. The minimum atomic E-state index is -4.42. The van der Waals surface area contributed by atoms with Crippen molar-refractivity contribution < 1.29 is 35.9 Å². The predicted octanol–water partition coefficient (Wildman–Crippen LogP) is 3.47. The van der Waals surface area contributed by atoms with E-state index in [1.165, 1.54) is 43.5 Å². The van der Waals surface area contributed by atoms with Gasteiger partial charge in [-0.05, 0) is 42.5 Å². The number of carboxylic acids is 1. The number of hydrogen-bond donors (Lipinski definition) is 2. The van der Waals surface area contributed by atoms with Gasteiger partial charge in [-0.25, -0.2) is 21.6 Å². The number of carbonyl (C=O) groups is 1. The Balaban J connectivity index is 2.18. The standard InChI is InChI=1S/C19H16FNO7S3/c1-28-15-6-3-11(19(22)23)9-17(15)31(26,27)21-14-10-12(30(2,24)25)4-5-13(14)16-7-8-18(20)29-16/h3-10,21H,1-2H3,(H,22,23). The zero-order chi connectivity index (χ0) is 23.0. The number of aromatic carboxylic acids is 1. The summed E-state index contributed by atoms with van der Waals surface area (Å²) >= 11 is 0.751. The first kappa shape index (κ1) is 22.7. The van der Waals surface area contributed by atoms with E-state index in [0.29, 0.717) is 4.88 Å². The van der Waals surface area contributed by atoms with Crippen LogP contribution in [-0.2, 0) is 19.9 Å². The molecule has 0 atom stereocenters. The lowest BCUT2D eigenvalue weighted by Crippen LogP contribution is -2.16. The molecule has 164 valence electrons. The number of ether oxygens (including phenoxy) is 1. The maximum atomic E-state index is 13.5. The quantitative estimate of drug-likeness (QED) is 0.525. The van der Waals surface area contributed by atoms with Gasteiger partial charge in [-0.2, -0.15) is 4.39 Å². The van der Waals surface area contributed by atoms with E-state index in [1.54, 1.807) is 0 Å². The Bertz CT molecular complexity index is 1380. The molecule has 1 aromatic heterocycles. The molecule has 0 fully saturated rings. The third kappa shape index (κ3) is 4.86. The molecule has 0 saturated heterocycles. The molecule has 0 amide bonds. The second-order valence-electron chi connectivity index (χ2n) is 6.36. The summed E-state index contributed by atoms with van der Waals surface area (Å²) in [6, 6.07) is 9.70. The van der Waals surface area contributed by atoms with Gasteiger partial charge in [0.15, 0.2) is 15.0 Å². The lowest BCUT2D eigenvalue weighted by atomic mass is 10.1. The highest BCUT2D eigenvalue weighted by atomic mass is 32.2. The SMILES string of the molecule is COc1ccc(C(=O)O)cc1S(=O)(=O)Nc1cc(S(C)(=O)=O)ccc1-c1ccc(F)s1.